The summed E-state index contributed by atoms with van der Waals surface area (Å²) in [5.41, 5.74) is 1.64. The number of carbonyl (C=O) groups is 1. The summed E-state index contributed by atoms with van der Waals surface area (Å²) in [7, 11) is 0. The van der Waals surface area contributed by atoms with Crippen LogP contribution in [0, 0.1) is 24.2 Å². The Bertz CT molecular complexity index is 1150. The highest BCUT2D eigenvalue weighted by molar-refractivity contribution is 5.91. The predicted molar refractivity (Wildman–Crippen MR) is 117 cm³/mol. The van der Waals surface area contributed by atoms with Crippen molar-refractivity contribution in [3.63, 3.8) is 0 Å². The maximum Gasteiger partial charge on any atom is 0.289 e. The third kappa shape index (κ3) is 5.36. The Morgan fingerprint density at radius 3 is 2.74 bits per heavy atom. The number of rotatable bonds is 4. The van der Waals surface area contributed by atoms with E-state index in [4.69, 9.17) is 20.3 Å². The SMILES string of the molecule is C#Cc1cccc(OCC2CN(C(=O)c3ccc(C#Cc4ccccc4)o3)CCO2)c1. The van der Waals surface area contributed by atoms with Gasteiger partial charge in [-0.3, -0.25) is 4.79 Å². The van der Waals surface area contributed by atoms with Crippen LogP contribution in [0.2, 0.25) is 0 Å². The number of amides is 1. The molecule has 0 N–H and O–H groups in total. The van der Waals surface area contributed by atoms with E-state index in [0.717, 1.165) is 11.1 Å². The van der Waals surface area contributed by atoms with Gasteiger partial charge in [-0.2, -0.15) is 0 Å². The molecule has 154 valence electrons. The molecule has 1 aliphatic rings. The highest BCUT2D eigenvalue weighted by atomic mass is 16.5. The lowest BCUT2D eigenvalue weighted by atomic mass is 10.2. The number of hydrogen-bond acceptors (Lipinski definition) is 4. The van der Waals surface area contributed by atoms with Crippen LogP contribution in [-0.4, -0.2) is 43.2 Å². The van der Waals surface area contributed by atoms with E-state index in [2.05, 4.69) is 17.8 Å². The summed E-state index contributed by atoms with van der Waals surface area (Å²) in [6, 6.07) is 20.3. The maximum absolute atomic E-state index is 12.9. The monoisotopic (exact) mass is 411 g/mol. The van der Waals surface area contributed by atoms with E-state index in [1.165, 1.54) is 0 Å². The summed E-state index contributed by atoms with van der Waals surface area (Å²) < 4.78 is 17.2. The van der Waals surface area contributed by atoms with E-state index in [1.54, 1.807) is 23.1 Å². The van der Waals surface area contributed by atoms with Gasteiger partial charge < -0.3 is 18.8 Å². The summed E-state index contributed by atoms with van der Waals surface area (Å²) in [6.45, 7) is 1.67. The molecule has 1 fully saturated rings. The minimum absolute atomic E-state index is 0.185. The van der Waals surface area contributed by atoms with Gasteiger partial charge in [0.2, 0.25) is 0 Å². The van der Waals surface area contributed by atoms with Crippen molar-refractivity contribution in [3.05, 3.63) is 89.4 Å². The molecule has 0 spiro atoms. The number of terminal acetylenes is 1. The van der Waals surface area contributed by atoms with E-state index >= 15 is 0 Å². The quantitative estimate of drug-likeness (QED) is 0.616. The first-order valence-corrected chi connectivity index (χ1v) is 9.98. The number of ether oxygens (including phenoxy) is 2. The summed E-state index contributed by atoms with van der Waals surface area (Å²) in [5.74, 6) is 9.76. The molecule has 0 aliphatic carbocycles. The van der Waals surface area contributed by atoms with Crippen LogP contribution in [0.1, 0.15) is 27.4 Å². The molecule has 1 aromatic heterocycles. The average Bonchev–Trinajstić information content (AvgIpc) is 3.31. The second-order valence-corrected chi connectivity index (χ2v) is 7.01. The molecule has 2 heterocycles. The fraction of sp³-hybridized carbons (Fsp3) is 0.192. The van der Waals surface area contributed by atoms with Crippen molar-refractivity contribution in [2.45, 2.75) is 6.10 Å². The number of benzene rings is 2. The van der Waals surface area contributed by atoms with E-state index < -0.39 is 0 Å². The van der Waals surface area contributed by atoms with E-state index in [-0.39, 0.29) is 17.8 Å². The third-order valence-corrected chi connectivity index (χ3v) is 4.78. The van der Waals surface area contributed by atoms with Gasteiger partial charge in [0.05, 0.1) is 13.2 Å². The number of nitrogens with zero attached hydrogens (tertiary/aromatic N) is 1. The standard InChI is InChI=1S/C26H21NO4/c1-2-20-9-6-10-23(17-20)30-19-24-18-27(15-16-29-24)26(28)25-14-13-22(31-25)12-11-21-7-4-3-5-8-21/h1,3-10,13-14,17,24H,15-16,18-19H2. The van der Waals surface area contributed by atoms with Crippen molar-refractivity contribution in [1.29, 1.82) is 0 Å². The molecule has 0 bridgehead atoms. The maximum atomic E-state index is 12.9. The lowest BCUT2D eigenvalue weighted by Crippen LogP contribution is -2.47. The van der Waals surface area contributed by atoms with Crippen LogP contribution >= 0.6 is 0 Å². The summed E-state index contributed by atoms with van der Waals surface area (Å²) >= 11 is 0. The third-order valence-electron chi connectivity index (χ3n) is 4.78. The van der Waals surface area contributed by atoms with Gasteiger partial charge in [0.25, 0.3) is 5.91 Å². The van der Waals surface area contributed by atoms with Gasteiger partial charge >= 0.3 is 0 Å². The normalized spacial score (nSPS) is 15.5. The second-order valence-electron chi connectivity index (χ2n) is 7.01. The molecule has 5 heteroatoms. The van der Waals surface area contributed by atoms with Crippen LogP contribution in [0.15, 0.2) is 71.1 Å². The fourth-order valence-electron chi connectivity index (χ4n) is 3.20. The summed E-state index contributed by atoms with van der Waals surface area (Å²) in [6.07, 6.45) is 5.19. The fourth-order valence-corrected chi connectivity index (χ4v) is 3.20. The van der Waals surface area contributed by atoms with Crippen molar-refractivity contribution in [2.24, 2.45) is 0 Å². The first-order valence-electron chi connectivity index (χ1n) is 9.98. The van der Waals surface area contributed by atoms with Crippen molar-refractivity contribution in [1.82, 2.24) is 4.90 Å². The molecule has 5 nitrogen and oxygen atoms in total. The molecule has 0 saturated carbocycles. The second kappa shape index (κ2) is 9.71. The zero-order valence-electron chi connectivity index (χ0n) is 16.9. The Labute approximate surface area is 181 Å². The van der Waals surface area contributed by atoms with Crippen molar-refractivity contribution in [2.75, 3.05) is 26.3 Å². The van der Waals surface area contributed by atoms with E-state index in [1.807, 2.05) is 48.5 Å². The Hall–Kier alpha value is -3.93. The molecular weight excluding hydrogens is 390 g/mol. The van der Waals surface area contributed by atoms with Gasteiger partial charge in [-0.25, -0.2) is 0 Å². The zero-order chi connectivity index (χ0) is 21.5. The van der Waals surface area contributed by atoms with Crippen molar-refractivity contribution in [3.8, 4) is 29.9 Å². The van der Waals surface area contributed by atoms with Crippen LogP contribution in [-0.2, 0) is 4.74 Å². The lowest BCUT2D eigenvalue weighted by molar-refractivity contribution is -0.0408. The highest BCUT2D eigenvalue weighted by Gasteiger charge is 2.27. The minimum atomic E-state index is -0.237. The molecular formula is C26H21NO4. The highest BCUT2D eigenvalue weighted by Crippen LogP contribution is 2.16. The number of furan rings is 1. The molecule has 31 heavy (non-hydrogen) atoms. The summed E-state index contributed by atoms with van der Waals surface area (Å²) in [4.78, 5) is 14.6. The van der Waals surface area contributed by atoms with Crippen LogP contribution in [0.5, 0.6) is 5.75 Å². The lowest BCUT2D eigenvalue weighted by Gasteiger charge is -2.32. The predicted octanol–water partition coefficient (Wildman–Crippen LogP) is 3.58. The van der Waals surface area contributed by atoms with E-state index in [0.29, 0.717) is 37.8 Å². The van der Waals surface area contributed by atoms with Gasteiger partial charge in [0.15, 0.2) is 11.5 Å². The van der Waals surface area contributed by atoms with Crippen LogP contribution < -0.4 is 4.74 Å². The molecule has 1 aliphatic heterocycles. The Balaban J connectivity index is 1.35. The van der Waals surface area contributed by atoms with Gasteiger partial charge in [0.1, 0.15) is 18.5 Å². The van der Waals surface area contributed by atoms with Crippen LogP contribution in [0.25, 0.3) is 0 Å². The molecule has 1 unspecified atom stereocenters. The molecule has 0 radical (unpaired) electrons. The van der Waals surface area contributed by atoms with Crippen molar-refractivity contribution < 1.29 is 18.7 Å². The van der Waals surface area contributed by atoms with Gasteiger partial charge in [0, 0.05) is 17.7 Å². The Kier molecular flexibility index (Phi) is 6.38. The molecule has 2 aromatic carbocycles. The van der Waals surface area contributed by atoms with Crippen LogP contribution in [0.3, 0.4) is 0 Å². The smallest absolute Gasteiger partial charge is 0.289 e. The molecule has 1 saturated heterocycles. The van der Waals surface area contributed by atoms with Crippen molar-refractivity contribution >= 4 is 5.91 Å². The molecule has 1 amide bonds. The molecule has 4 rings (SSSR count). The topological polar surface area (TPSA) is 51.9 Å². The van der Waals surface area contributed by atoms with E-state index in [9.17, 15) is 4.79 Å². The number of carbonyl (C=O) groups excluding carboxylic acids is 1. The molecule has 3 aromatic rings. The summed E-state index contributed by atoms with van der Waals surface area (Å²) in [5, 5.41) is 0. The Morgan fingerprint density at radius 2 is 1.90 bits per heavy atom. The van der Waals surface area contributed by atoms with Gasteiger partial charge in [-0.15, -0.1) is 6.42 Å². The molecule has 1 atom stereocenters. The first-order chi connectivity index (χ1) is 15.2. The van der Waals surface area contributed by atoms with Crippen LogP contribution in [0.4, 0.5) is 0 Å². The zero-order valence-corrected chi connectivity index (χ0v) is 16.9. The van der Waals surface area contributed by atoms with Gasteiger partial charge in [-0.05, 0) is 48.4 Å². The average molecular weight is 411 g/mol. The van der Waals surface area contributed by atoms with Gasteiger partial charge in [-0.1, -0.05) is 36.1 Å². The Morgan fingerprint density at radius 1 is 1.06 bits per heavy atom. The minimum Gasteiger partial charge on any atom is -0.491 e. The number of hydrogen-bond donors (Lipinski definition) is 0. The largest absolute Gasteiger partial charge is 0.491 e. The first kappa shape index (κ1) is 20.3. The number of morpholine rings is 1.